The Morgan fingerprint density at radius 3 is 2.35 bits per heavy atom. The van der Waals surface area contributed by atoms with Gasteiger partial charge >= 0.3 is 0 Å². The lowest BCUT2D eigenvalue weighted by Gasteiger charge is -2.12. The summed E-state index contributed by atoms with van der Waals surface area (Å²) < 4.78 is 0. The molecule has 1 aromatic carbocycles. The second kappa shape index (κ2) is 7.37. The molecule has 1 unspecified atom stereocenters. The zero-order valence-corrected chi connectivity index (χ0v) is 11.4. The van der Waals surface area contributed by atoms with E-state index in [-0.39, 0.29) is 5.75 Å². The average molecular weight is 233 g/mol. The summed E-state index contributed by atoms with van der Waals surface area (Å²) in [5.41, 5.74) is 0.975. The van der Waals surface area contributed by atoms with Gasteiger partial charge in [-0.2, -0.15) is 0 Å². The number of rotatable bonds is 7. The van der Waals surface area contributed by atoms with Gasteiger partial charge in [-0.25, -0.2) is 0 Å². The monoisotopic (exact) mass is 233 g/mol. The van der Waals surface area contributed by atoms with Crippen LogP contribution >= 0.6 is 0 Å². The maximum absolute atomic E-state index is 11.5. The molecule has 0 spiro atoms. The number of aryl methyl sites for hydroxylation is 1. The zero-order chi connectivity index (χ0) is 12.7. The molecule has 0 aliphatic rings. The van der Waals surface area contributed by atoms with Crippen LogP contribution in [-0.4, -0.2) is 0 Å². The van der Waals surface area contributed by atoms with E-state index in [0.717, 1.165) is 30.2 Å². The Kier molecular flexibility index (Phi) is 6.10. The fourth-order valence-corrected chi connectivity index (χ4v) is 2.13. The molecule has 0 aromatic heterocycles. The fraction of sp³-hybridized carbons (Fsp3) is 0.625. The third-order valence-corrected chi connectivity index (χ3v) is 3.36. The summed E-state index contributed by atoms with van der Waals surface area (Å²) in [6.45, 7) is 6.85. The van der Waals surface area contributed by atoms with Gasteiger partial charge in [-0.05, 0) is 36.3 Å². The molecule has 1 nitrogen and oxygen atoms in total. The van der Waals surface area contributed by atoms with Crippen molar-refractivity contribution in [3.63, 3.8) is 0 Å². The molecule has 0 aliphatic heterocycles. The van der Waals surface area contributed by atoms with Crippen molar-refractivity contribution >= 4 is 0 Å². The molecule has 1 rings (SSSR count). The summed E-state index contributed by atoms with van der Waals surface area (Å²) in [6, 6.07) is 7.40. The fourth-order valence-electron chi connectivity index (χ4n) is 2.13. The van der Waals surface area contributed by atoms with Crippen LogP contribution in [0.1, 0.15) is 52.0 Å². The molecule has 0 N–H and O–H groups in total. The minimum absolute atomic E-state index is 0.196. The van der Waals surface area contributed by atoms with Crippen LogP contribution in [0.4, 0.5) is 0 Å². The van der Waals surface area contributed by atoms with Gasteiger partial charge in [0.2, 0.25) is 0 Å². The van der Waals surface area contributed by atoms with Gasteiger partial charge in [-0.1, -0.05) is 58.2 Å². The van der Waals surface area contributed by atoms with E-state index in [9.17, 15) is 5.11 Å². The molecule has 0 aliphatic carbocycles. The Hall–Kier alpha value is -0.980. The van der Waals surface area contributed by atoms with Crippen LogP contribution in [0, 0.1) is 11.8 Å². The molecule has 1 heteroatoms. The Morgan fingerprint density at radius 1 is 1.00 bits per heavy atom. The van der Waals surface area contributed by atoms with Crippen LogP contribution in [0.2, 0.25) is 0 Å². The van der Waals surface area contributed by atoms with E-state index in [1.165, 1.54) is 19.3 Å². The first kappa shape index (κ1) is 14.1. The summed E-state index contributed by atoms with van der Waals surface area (Å²) >= 11 is 0. The highest BCUT2D eigenvalue weighted by atomic mass is 16.3. The van der Waals surface area contributed by atoms with Crippen LogP contribution in [0.3, 0.4) is 0 Å². The van der Waals surface area contributed by atoms with Gasteiger partial charge in [0, 0.05) is 0 Å². The van der Waals surface area contributed by atoms with Gasteiger partial charge in [0.25, 0.3) is 0 Å². The van der Waals surface area contributed by atoms with E-state index in [1.807, 2.05) is 18.2 Å². The minimum atomic E-state index is 0.196. The third kappa shape index (κ3) is 5.76. The molecule has 1 aromatic rings. The Balaban J connectivity index is 2.24. The van der Waals surface area contributed by atoms with Crippen molar-refractivity contribution in [1.29, 1.82) is 0 Å². The first-order valence-electron chi connectivity index (χ1n) is 6.84. The molecule has 1 atom stereocenters. The van der Waals surface area contributed by atoms with Gasteiger partial charge in [0.05, 0.1) is 0 Å². The molecule has 17 heavy (non-hydrogen) atoms. The molecule has 0 fully saturated rings. The largest absolute Gasteiger partial charge is 0.290 e. The average Bonchev–Trinajstić information content (AvgIpc) is 2.27. The van der Waals surface area contributed by atoms with Crippen molar-refractivity contribution in [3.8, 4) is 5.75 Å². The first-order chi connectivity index (χ1) is 8.09. The first-order valence-corrected chi connectivity index (χ1v) is 6.84. The predicted molar refractivity (Wildman–Crippen MR) is 72.7 cm³/mol. The number of hydrogen-bond donors (Lipinski definition) is 0. The minimum Gasteiger partial charge on any atom is -0.290 e. The van der Waals surface area contributed by atoms with E-state index in [0.29, 0.717) is 0 Å². The highest BCUT2D eigenvalue weighted by Crippen LogP contribution is 2.22. The van der Waals surface area contributed by atoms with Crippen molar-refractivity contribution in [2.24, 2.45) is 11.8 Å². The van der Waals surface area contributed by atoms with Crippen molar-refractivity contribution in [1.82, 2.24) is 0 Å². The molecule has 0 bridgehead atoms. The van der Waals surface area contributed by atoms with Crippen LogP contribution in [0.25, 0.3) is 0 Å². The van der Waals surface area contributed by atoms with Gasteiger partial charge in [0.15, 0.2) is 5.75 Å². The SMILES string of the molecule is CC(C)CCCC(C)CCc1ccccc1[O]. The van der Waals surface area contributed by atoms with E-state index >= 15 is 0 Å². The second-order valence-electron chi connectivity index (χ2n) is 5.58. The smallest absolute Gasteiger partial charge is 0.181 e. The Morgan fingerprint density at radius 2 is 1.71 bits per heavy atom. The molecule has 0 saturated carbocycles. The van der Waals surface area contributed by atoms with Crippen LogP contribution in [0.5, 0.6) is 5.75 Å². The van der Waals surface area contributed by atoms with E-state index < -0.39 is 0 Å². The highest BCUT2D eigenvalue weighted by Gasteiger charge is 2.06. The zero-order valence-electron chi connectivity index (χ0n) is 11.4. The lowest BCUT2D eigenvalue weighted by atomic mass is 9.94. The molecule has 95 valence electrons. The van der Waals surface area contributed by atoms with Gasteiger partial charge < -0.3 is 0 Å². The standard InChI is InChI=1S/C16H25O/c1-13(2)7-6-8-14(3)11-12-15-9-4-5-10-16(15)17/h4-5,9-10,13-14H,6-8,11-12H2,1-3H3. The maximum atomic E-state index is 11.5. The molecule has 1 radical (unpaired) electrons. The van der Waals surface area contributed by atoms with E-state index in [2.05, 4.69) is 20.8 Å². The van der Waals surface area contributed by atoms with E-state index in [1.54, 1.807) is 6.07 Å². The van der Waals surface area contributed by atoms with Crippen molar-refractivity contribution in [3.05, 3.63) is 29.8 Å². The van der Waals surface area contributed by atoms with Crippen LogP contribution < -0.4 is 0 Å². The lowest BCUT2D eigenvalue weighted by Crippen LogP contribution is -1.99. The summed E-state index contributed by atoms with van der Waals surface area (Å²) in [7, 11) is 0. The maximum Gasteiger partial charge on any atom is 0.181 e. The summed E-state index contributed by atoms with van der Waals surface area (Å²) in [4.78, 5) is 0. The van der Waals surface area contributed by atoms with Crippen LogP contribution in [0.15, 0.2) is 24.3 Å². The Bertz CT molecular complexity index is 317. The second-order valence-corrected chi connectivity index (χ2v) is 5.58. The highest BCUT2D eigenvalue weighted by molar-refractivity contribution is 5.31. The van der Waals surface area contributed by atoms with E-state index in [4.69, 9.17) is 0 Å². The Labute approximate surface area is 106 Å². The number of benzene rings is 1. The van der Waals surface area contributed by atoms with Crippen molar-refractivity contribution < 1.29 is 5.11 Å². The normalized spacial score (nSPS) is 12.9. The van der Waals surface area contributed by atoms with Crippen LogP contribution in [-0.2, 0) is 11.5 Å². The number of hydrogen-bond acceptors (Lipinski definition) is 0. The molecule has 0 amide bonds. The summed E-state index contributed by atoms with van der Waals surface area (Å²) in [5.74, 6) is 1.74. The third-order valence-electron chi connectivity index (χ3n) is 3.36. The van der Waals surface area contributed by atoms with Gasteiger partial charge in [-0.15, -0.1) is 0 Å². The molecule has 0 heterocycles. The van der Waals surface area contributed by atoms with Crippen molar-refractivity contribution in [2.45, 2.75) is 52.9 Å². The summed E-state index contributed by atoms with van der Waals surface area (Å²) in [5, 5.41) is 11.5. The topological polar surface area (TPSA) is 19.9 Å². The quantitative estimate of drug-likeness (QED) is 0.615. The lowest BCUT2D eigenvalue weighted by molar-refractivity contribution is 0.347. The molecular weight excluding hydrogens is 208 g/mol. The molecule has 0 saturated heterocycles. The van der Waals surface area contributed by atoms with Gasteiger partial charge in [-0.3, -0.25) is 5.11 Å². The summed E-state index contributed by atoms with van der Waals surface area (Å²) in [6.07, 6.45) is 6.00. The number of para-hydroxylation sites is 1. The molecular formula is C16H25O. The predicted octanol–water partition coefficient (Wildman–Crippen LogP) is 5.23. The van der Waals surface area contributed by atoms with Crippen molar-refractivity contribution in [2.75, 3.05) is 0 Å². The van der Waals surface area contributed by atoms with Gasteiger partial charge in [0.1, 0.15) is 0 Å².